The van der Waals surface area contributed by atoms with Crippen molar-refractivity contribution in [2.45, 2.75) is 44.7 Å². The molecule has 5 nitrogen and oxygen atoms in total. The number of carbonyl (C=O) groups is 1. The van der Waals surface area contributed by atoms with Gasteiger partial charge in [-0.05, 0) is 50.7 Å². The van der Waals surface area contributed by atoms with Crippen molar-refractivity contribution in [3.8, 4) is 0 Å². The van der Waals surface area contributed by atoms with Crippen molar-refractivity contribution in [1.29, 1.82) is 0 Å². The molecule has 1 aromatic heterocycles. The third-order valence-electron chi connectivity index (χ3n) is 5.36. The predicted molar refractivity (Wildman–Crippen MR) is 98.8 cm³/mol. The maximum absolute atomic E-state index is 11.1. The maximum Gasteiger partial charge on any atom is 0.317 e. The van der Waals surface area contributed by atoms with Crippen LogP contribution in [0.5, 0.6) is 0 Å². The Kier molecular flexibility index (Phi) is 4.34. The van der Waals surface area contributed by atoms with Crippen LogP contribution in [-0.4, -0.2) is 46.1 Å². The van der Waals surface area contributed by atoms with Crippen LogP contribution in [0.2, 0.25) is 0 Å². The summed E-state index contributed by atoms with van der Waals surface area (Å²) in [4.78, 5) is 17.9. The van der Waals surface area contributed by atoms with Crippen LogP contribution in [0.1, 0.15) is 31.4 Å². The van der Waals surface area contributed by atoms with E-state index in [0.717, 1.165) is 47.6 Å². The quantitative estimate of drug-likeness (QED) is 0.810. The second kappa shape index (κ2) is 6.64. The molecule has 0 unspecified atom stereocenters. The largest absolute Gasteiger partial charge is 0.480 e. The molecule has 0 saturated heterocycles. The number of hydrogen-bond donors (Lipinski definition) is 2. The minimum absolute atomic E-state index is 0.172. The molecule has 2 aliphatic rings. The van der Waals surface area contributed by atoms with Crippen LogP contribution in [0.15, 0.2) is 30.3 Å². The van der Waals surface area contributed by atoms with Crippen molar-refractivity contribution < 1.29 is 9.90 Å². The van der Waals surface area contributed by atoms with E-state index in [1.54, 1.807) is 0 Å². The number of para-hydroxylation sites is 1. The monoisotopic (exact) mass is 339 g/mol. The van der Waals surface area contributed by atoms with Gasteiger partial charge in [-0.25, -0.2) is 0 Å². The first-order valence-corrected chi connectivity index (χ1v) is 9.17. The molecule has 0 aliphatic heterocycles. The molecular formula is C20H25N3O2. The molecule has 0 spiro atoms. The number of carboxylic acid groups (broad SMARTS) is 1. The van der Waals surface area contributed by atoms with Crippen molar-refractivity contribution >= 4 is 22.6 Å². The zero-order valence-electron chi connectivity index (χ0n) is 14.6. The number of nitrogens with zero attached hydrogens (tertiary/aromatic N) is 2. The summed E-state index contributed by atoms with van der Waals surface area (Å²) in [7, 11) is 0. The molecule has 132 valence electrons. The molecule has 0 bridgehead atoms. The van der Waals surface area contributed by atoms with Gasteiger partial charge in [0.1, 0.15) is 0 Å². The number of carboxylic acids is 1. The molecule has 25 heavy (non-hydrogen) atoms. The second-order valence-corrected chi connectivity index (χ2v) is 7.56. The highest BCUT2D eigenvalue weighted by atomic mass is 16.4. The summed E-state index contributed by atoms with van der Waals surface area (Å²) in [5.41, 5.74) is 3.17. The summed E-state index contributed by atoms with van der Waals surface area (Å²) in [6, 6.07) is 11.1. The predicted octanol–water partition coefficient (Wildman–Crippen LogP) is 3.28. The summed E-state index contributed by atoms with van der Waals surface area (Å²) in [6.45, 7) is 3.14. The van der Waals surface area contributed by atoms with Gasteiger partial charge in [-0.3, -0.25) is 14.7 Å². The van der Waals surface area contributed by atoms with Crippen LogP contribution in [0, 0.1) is 12.8 Å². The van der Waals surface area contributed by atoms with E-state index in [1.165, 1.54) is 12.8 Å². The number of pyridine rings is 1. The highest BCUT2D eigenvalue weighted by molar-refractivity contribution is 5.91. The first-order chi connectivity index (χ1) is 12.1. The molecular weight excluding hydrogens is 314 g/mol. The van der Waals surface area contributed by atoms with E-state index in [9.17, 15) is 9.90 Å². The smallest absolute Gasteiger partial charge is 0.317 e. The van der Waals surface area contributed by atoms with Crippen molar-refractivity contribution in [2.24, 2.45) is 5.92 Å². The van der Waals surface area contributed by atoms with Crippen LogP contribution in [0.4, 0.5) is 5.69 Å². The van der Waals surface area contributed by atoms with E-state index in [-0.39, 0.29) is 6.54 Å². The topological polar surface area (TPSA) is 65.5 Å². The van der Waals surface area contributed by atoms with Crippen molar-refractivity contribution in [1.82, 2.24) is 9.88 Å². The molecule has 1 heterocycles. The van der Waals surface area contributed by atoms with Gasteiger partial charge in [-0.1, -0.05) is 18.2 Å². The van der Waals surface area contributed by atoms with Gasteiger partial charge in [-0.2, -0.15) is 0 Å². The lowest BCUT2D eigenvalue weighted by atomic mass is 9.85. The van der Waals surface area contributed by atoms with Crippen LogP contribution in [-0.2, 0) is 4.79 Å². The van der Waals surface area contributed by atoms with Gasteiger partial charge in [0.15, 0.2) is 0 Å². The summed E-state index contributed by atoms with van der Waals surface area (Å²) in [6.07, 6.45) is 4.53. The van der Waals surface area contributed by atoms with Crippen LogP contribution >= 0.6 is 0 Å². The molecule has 1 aromatic carbocycles. The lowest BCUT2D eigenvalue weighted by molar-refractivity contribution is -0.139. The molecule has 0 atom stereocenters. The van der Waals surface area contributed by atoms with Crippen molar-refractivity contribution in [2.75, 3.05) is 18.4 Å². The highest BCUT2D eigenvalue weighted by Gasteiger charge is 2.37. The Balaban J connectivity index is 1.41. The zero-order valence-corrected chi connectivity index (χ0v) is 14.6. The molecule has 5 heteroatoms. The molecule has 2 saturated carbocycles. The van der Waals surface area contributed by atoms with Crippen molar-refractivity contribution in [3.05, 3.63) is 36.0 Å². The van der Waals surface area contributed by atoms with E-state index >= 15 is 0 Å². The lowest BCUT2D eigenvalue weighted by Crippen LogP contribution is -2.52. The third kappa shape index (κ3) is 3.76. The van der Waals surface area contributed by atoms with E-state index in [4.69, 9.17) is 0 Å². The number of aliphatic carboxylic acids is 1. The number of fused-ring (bicyclic) bond motifs is 1. The SMILES string of the molecule is Cc1cc(NC2CC(N(CC(=O)O)CC3CC3)C2)c2ccccc2n1. The van der Waals surface area contributed by atoms with Gasteiger partial charge in [0, 0.05) is 35.4 Å². The second-order valence-electron chi connectivity index (χ2n) is 7.56. The summed E-state index contributed by atoms with van der Waals surface area (Å²) >= 11 is 0. The fourth-order valence-corrected chi connectivity index (χ4v) is 3.80. The van der Waals surface area contributed by atoms with Crippen LogP contribution in [0.25, 0.3) is 10.9 Å². The van der Waals surface area contributed by atoms with Gasteiger partial charge >= 0.3 is 5.97 Å². The minimum Gasteiger partial charge on any atom is -0.480 e. The molecule has 4 rings (SSSR count). The standard InChI is InChI=1S/C20H25N3O2/c1-13-8-19(17-4-2-3-5-18(17)21-13)22-15-9-16(10-15)23(12-20(24)25)11-14-6-7-14/h2-5,8,14-16H,6-7,9-12H2,1H3,(H,21,22)(H,24,25). The number of hydrogen-bond acceptors (Lipinski definition) is 4. The highest BCUT2D eigenvalue weighted by Crippen LogP contribution is 2.35. The van der Waals surface area contributed by atoms with E-state index < -0.39 is 5.97 Å². The number of rotatable bonds is 7. The number of aryl methyl sites for hydroxylation is 1. The Hall–Kier alpha value is -2.14. The number of aromatic nitrogens is 1. The Morgan fingerprint density at radius 3 is 2.80 bits per heavy atom. The Labute approximate surface area is 148 Å². The Bertz CT molecular complexity index is 782. The first kappa shape index (κ1) is 16.3. The third-order valence-corrected chi connectivity index (χ3v) is 5.36. The van der Waals surface area contributed by atoms with E-state index in [0.29, 0.717) is 12.1 Å². The van der Waals surface area contributed by atoms with Gasteiger partial charge in [0.2, 0.25) is 0 Å². The Morgan fingerprint density at radius 1 is 1.32 bits per heavy atom. The molecule has 0 radical (unpaired) electrons. The Morgan fingerprint density at radius 2 is 2.08 bits per heavy atom. The summed E-state index contributed by atoms with van der Waals surface area (Å²) in [5.74, 6) is 0.00552. The normalized spacial score (nSPS) is 22.8. The van der Waals surface area contributed by atoms with Crippen molar-refractivity contribution in [3.63, 3.8) is 0 Å². The van der Waals surface area contributed by atoms with Gasteiger partial charge in [-0.15, -0.1) is 0 Å². The molecule has 2 aliphatic carbocycles. The fourth-order valence-electron chi connectivity index (χ4n) is 3.80. The van der Waals surface area contributed by atoms with E-state index in [2.05, 4.69) is 27.3 Å². The molecule has 0 amide bonds. The summed E-state index contributed by atoms with van der Waals surface area (Å²) in [5, 5.41) is 14.0. The van der Waals surface area contributed by atoms with Gasteiger partial charge in [0.05, 0.1) is 12.1 Å². The number of benzene rings is 1. The molecule has 2 N–H and O–H groups in total. The minimum atomic E-state index is -0.715. The lowest BCUT2D eigenvalue weighted by Gasteiger charge is -2.43. The molecule has 2 fully saturated rings. The van der Waals surface area contributed by atoms with Gasteiger partial charge < -0.3 is 10.4 Å². The summed E-state index contributed by atoms with van der Waals surface area (Å²) < 4.78 is 0. The number of anilines is 1. The van der Waals surface area contributed by atoms with Crippen LogP contribution < -0.4 is 5.32 Å². The average Bonchev–Trinajstić information content (AvgIpc) is 3.33. The fraction of sp³-hybridized carbons (Fsp3) is 0.500. The van der Waals surface area contributed by atoms with Crippen LogP contribution in [0.3, 0.4) is 0 Å². The maximum atomic E-state index is 11.1. The van der Waals surface area contributed by atoms with Gasteiger partial charge in [0.25, 0.3) is 0 Å². The zero-order chi connectivity index (χ0) is 17.4. The average molecular weight is 339 g/mol. The van der Waals surface area contributed by atoms with E-state index in [1.807, 2.05) is 25.1 Å². The number of nitrogens with one attached hydrogen (secondary N) is 1. The molecule has 2 aromatic rings. The first-order valence-electron chi connectivity index (χ1n) is 9.17.